The fourth-order valence-electron chi connectivity index (χ4n) is 2.21. The van der Waals surface area contributed by atoms with Crippen molar-refractivity contribution in [1.82, 2.24) is 10.9 Å². The summed E-state index contributed by atoms with van der Waals surface area (Å²) < 4.78 is 15.1. The summed E-state index contributed by atoms with van der Waals surface area (Å²) in [7, 11) is 2.92. The van der Waals surface area contributed by atoms with E-state index >= 15 is 0 Å². The fourth-order valence-corrected chi connectivity index (χ4v) is 2.41. The molecule has 0 atom stereocenters. The van der Waals surface area contributed by atoms with E-state index in [0.717, 1.165) is 0 Å². The van der Waals surface area contributed by atoms with Gasteiger partial charge in [0.25, 0.3) is 11.8 Å². The Labute approximate surface area is 166 Å². The minimum atomic E-state index is -0.693. The van der Waals surface area contributed by atoms with Crippen molar-refractivity contribution >= 4 is 29.4 Å². The van der Waals surface area contributed by atoms with Crippen LogP contribution in [-0.2, 0) is 20.7 Å². The molecule has 0 fully saturated rings. The van der Waals surface area contributed by atoms with Gasteiger partial charge in [-0.1, -0.05) is 29.8 Å². The van der Waals surface area contributed by atoms with Crippen LogP contribution in [0.5, 0.6) is 11.5 Å². The highest BCUT2D eigenvalue weighted by atomic mass is 35.5. The number of halogens is 1. The van der Waals surface area contributed by atoms with Gasteiger partial charge in [0.2, 0.25) is 0 Å². The Hall–Kier alpha value is -3.26. The molecule has 0 saturated carbocycles. The monoisotopic (exact) mass is 406 g/mol. The van der Waals surface area contributed by atoms with Gasteiger partial charge in [-0.3, -0.25) is 25.2 Å². The molecule has 0 bridgehead atoms. The predicted molar refractivity (Wildman–Crippen MR) is 101 cm³/mol. The smallest absolute Gasteiger partial charge is 0.310 e. The Morgan fingerprint density at radius 3 is 2.36 bits per heavy atom. The number of ether oxygens (including phenoxy) is 3. The van der Waals surface area contributed by atoms with Gasteiger partial charge in [0.1, 0.15) is 0 Å². The van der Waals surface area contributed by atoms with Crippen LogP contribution in [0.4, 0.5) is 0 Å². The molecule has 0 aliphatic rings. The van der Waals surface area contributed by atoms with Gasteiger partial charge in [-0.25, -0.2) is 0 Å². The van der Waals surface area contributed by atoms with E-state index in [1.54, 1.807) is 30.3 Å². The molecular weight excluding hydrogens is 388 g/mol. The Bertz CT molecular complexity index is 871. The van der Waals surface area contributed by atoms with Crippen LogP contribution in [-0.4, -0.2) is 38.6 Å². The number of methoxy groups -OCH3 is 2. The van der Waals surface area contributed by atoms with Crippen LogP contribution in [0, 0.1) is 0 Å². The molecule has 28 heavy (non-hydrogen) atoms. The van der Waals surface area contributed by atoms with Gasteiger partial charge in [0.15, 0.2) is 18.1 Å². The van der Waals surface area contributed by atoms with E-state index in [1.165, 1.54) is 26.4 Å². The molecule has 0 aliphatic heterocycles. The molecule has 0 radical (unpaired) electrons. The number of hydrogen-bond acceptors (Lipinski definition) is 6. The standard InChI is InChI=1S/C19H19ClN2O6/c1-26-15-8-7-13(9-16(15)27-2)19(25)22-21-17(23)11-28-18(24)10-12-5-3-4-6-14(12)20/h3-9H,10-11H2,1-2H3,(H,21,23)(H,22,25). The third kappa shape index (κ3) is 5.88. The summed E-state index contributed by atoms with van der Waals surface area (Å²) in [5.41, 5.74) is 5.22. The lowest BCUT2D eigenvalue weighted by Gasteiger charge is -2.11. The number of carbonyl (C=O) groups excluding carboxylic acids is 3. The van der Waals surface area contributed by atoms with Gasteiger partial charge in [0.05, 0.1) is 20.6 Å². The normalized spacial score (nSPS) is 9.96. The van der Waals surface area contributed by atoms with Gasteiger partial charge in [0, 0.05) is 10.6 Å². The highest BCUT2D eigenvalue weighted by Gasteiger charge is 2.13. The van der Waals surface area contributed by atoms with Gasteiger partial charge in [-0.15, -0.1) is 0 Å². The minimum absolute atomic E-state index is 0.0645. The summed E-state index contributed by atoms with van der Waals surface area (Å²) in [5.74, 6) is -1.05. The Kier molecular flexibility index (Phi) is 7.65. The van der Waals surface area contributed by atoms with Gasteiger partial charge in [-0.2, -0.15) is 0 Å². The summed E-state index contributed by atoms with van der Waals surface area (Å²) in [5, 5.41) is 0.436. The van der Waals surface area contributed by atoms with Crippen LogP contribution < -0.4 is 20.3 Å². The van der Waals surface area contributed by atoms with E-state index in [9.17, 15) is 14.4 Å². The number of carbonyl (C=O) groups is 3. The van der Waals surface area contributed by atoms with Gasteiger partial charge >= 0.3 is 5.97 Å². The quantitative estimate of drug-likeness (QED) is 0.537. The van der Waals surface area contributed by atoms with E-state index in [1.807, 2.05) is 0 Å². The molecule has 9 heteroatoms. The van der Waals surface area contributed by atoms with Crippen molar-refractivity contribution in [1.29, 1.82) is 0 Å². The average Bonchev–Trinajstić information content (AvgIpc) is 2.71. The Balaban J connectivity index is 1.79. The number of esters is 1. The molecule has 2 rings (SSSR count). The van der Waals surface area contributed by atoms with E-state index in [-0.39, 0.29) is 12.0 Å². The van der Waals surface area contributed by atoms with Crippen LogP contribution >= 0.6 is 11.6 Å². The molecule has 0 saturated heterocycles. The molecule has 148 valence electrons. The molecule has 0 spiro atoms. The zero-order valence-corrected chi connectivity index (χ0v) is 16.0. The van der Waals surface area contributed by atoms with Crippen LogP contribution in [0.2, 0.25) is 5.02 Å². The first kappa shape index (κ1) is 21.0. The number of hydrazine groups is 1. The van der Waals surface area contributed by atoms with Gasteiger partial charge in [-0.05, 0) is 29.8 Å². The van der Waals surface area contributed by atoms with E-state index in [0.29, 0.717) is 22.1 Å². The predicted octanol–water partition coefficient (Wildman–Crippen LogP) is 1.90. The van der Waals surface area contributed by atoms with Crippen molar-refractivity contribution in [2.45, 2.75) is 6.42 Å². The first-order chi connectivity index (χ1) is 13.4. The van der Waals surface area contributed by atoms with Crippen molar-refractivity contribution in [3.63, 3.8) is 0 Å². The van der Waals surface area contributed by atoms with Crippen molar-refractivity contribution < 1.29 is 28.6 Å². The maximum Gasteiger partial charge on any atom is 0.310 e. The molecule has 2 N–H and O–H groups in total. The zero-order chi connectivity index (χ0) is 20.5. The number of amides is 2. The van der Waals surface area contributed by atoms with E-state index < -0.39 is 24.4 Å². The summed E-state index contributed by atoms with van der Waals surface area (Å²) in [6, 6.07) is 11.4. The number of nitrogens with one attached hydrogen (secondary N) is 2. The Morgan fingerprint density at radius 1 is 0.964 bits per heavy atom. The van der Waals surface area contributed by atoms with Crippen LogP contribution in [0.1, 0.15) is 15.9 Å². The lowest BCUT2D eigenvalue weighted by atomic mass is 10.1. The first-order valence-electron chi connectivity index (χ1n) is 8.14. The molecule has 0 unspecified atom stereocenters. The highest BCUT2D eigenvalue weighted by Crippen LogP contribution is 2.27. The summed E-state index contributed by atoms with van der Waals surface area (Å²) in [6.45, 7) is -0.546. The van der Waals surface area contributed by atoms with E-state index in [4.69, 9.17) is 25.8 Å². The molecular formula is C19H19ClN2O6. The fraction of sp³-hybridized carbons (Fsp3) is 0.211. The average molecular weight is 407 g/mol. The highest BCUT2D eigenvalue weighted by molar-refractivity contribution is 6.31. The van der Waals surface area contributed by atoms with Crippen molar-refractivity contribution in [2.24, 2.45) is 0 Å². The summed E-state index contributed by atoms with van der Waals surface area (Å²) in [4.78, 5) is 35.6. The zero-order valence-electron chi connectivity index (χ0n) is 15.3. The molecule has 2 amide bonds. The SMILES string of the molecule is COc1ccc(C(=O)NNC(=O)COC(=O)Cc2ccccc2Cl)cc1OC. The third-order valence-corrected chi connectivity index (χ3v) is 3.99. The van der Waals surface area contributed by atoms with E-state index in [2.05, 4.69) is 10.9 Å². The van der Waals surface area contributed by atoms with Gasteiger partial charge < -0.3 is 14.2 Å². The van der Waals surface area contributed by atoms with Crippen LogP contribution in [0.3, 0.4) is 0 Å². The molecule has 0 aromatic heterocycles. The lowest BCUT2D eigenvalue weighted by molar-refractivity contribution is -0.148. The number of rotatable bonds is 7. The second-order valence-corrected chi connectivity index (χ2v) is 5.91. The third-order valence-electron chi connectivity index (χ3n) is 3.62. The summed E-state index contributed by atoms with van der Waals surface area (Å²) in [6.07, 6.45) is -0.0645. The topological polar surface area (TPSA) is 103 Å². The molecule has 2 aromatic carbocycles. The van der Waals surface area contributed by atoms with Crippen molar-refractivity contribution in [3.8, 4) is 11.5 Å². The largest absolute Gasteiger partial charge is 0.493 e. The molecule has 8 nitrogen and oxygen atoms in total. The minimum Gasteiger partial charge on any atom is -0.493 e. The first-order valence-corrected chi connectivity index (χ1v) is 8.52. The van der Waals surface area contributed by atoms with Crippen molar-refractivity contribution in [2.75, 3.05) is 20.8 Å². The van der Waals surface area contributed by atoms with Crippen molar-refractivity contribution in [3.05, 3.63) is 58.6 Å². The second-order valence-electron chi connectivity index (χ2n) is 5.50. The summed E-state index contributed by atoms with van der Waals surface area (Å²) >= 11 is 5.96. The number of hydrogen-bond donors (Lipinski definition) is 2. The second kappa shape index (κ2) is 10.2. The molecule has 2 aromatic rings. The van der Waals surface area contributed by atoms with Crippen LogP contribution in [0.25, 0.3) is 0 Å². The molecule has 0 aliphatic carbocycles. The lowest BCUT2D eigenvalue weighted by Crippen LogP contribution is -2.43. The number of benzene rings is 2. The Morgan fingerprint density at radius 2 is 1.68 bits per heavy atom. The van der Waals surface area contributed by atoms with Crippen LogP contribution in [0.15, 0.2) is 42.5 Å². The molecule has 0 heterocycles. The maximum atomic E-state index is 12.1. The maximum absolute atomic E-state index is 12.1.